The monoisotopic (exact) mass is 436 g/mol. The third-order valence-electron chi connectivity index (χ3n) is 3.77. The van der Waals surface area contributed by atoms with Crippen molar-refractivity contribution in [1.82, 2.24) is 0 Å². The molecule has 0 aliphatic carbocycles. The van der Waals surface area contributed by atoms with Gasteiger partial charge in [0.2, 0.25) is 0 Å². The van der Waals surface area contributed by atoms with Gasteiger partial charge in [0, 0.05) is 19.9 Å². The highest BCUT2D eigenvalue weighted by Gasteiger charge is 2.25. The first-order valence-corrected chi connectivity index (χ1v) is 8.68. The van der Waals surface area contributed by atoms with Crippen molar-refractivity contribution in [2.45, 2.75) is 20.0 Å². The van der Waals surface area contributed by atoms with E-state index in [1.165, 1.54) is 0 Å². The van der Waals surface area contributed by atoms with Crippen molar-refractivity contribution in [3.63, 3.8) is 0 Å². The van der Waals surface area contributed by atoms with Crippen molar-refractivity contribution in [3.05, 3.63) is 67.8 Å². The predicted octanol–water partition coefficient (Wildman–Crippen LogP) is 5.55. The zero-order valence-electron chi connectivity index (χ0n) is 12.6. The third kappa shape index (κ3) is 2.89. The number of furan rings is 1. The minimum atomic E-state index is -0.862. The fraction of sp³-hybridized carbons (Fsp3) is 0.167. The Hall–Kier alpha value is -1.43. The second-order valence-electron chi connectivity index (χ2n) is 5.41. The van der Waals surface area contributed by atoms with Gasteiger partial charge in [-0.1, -0.05) is 50.1 Å². The number of benzene rings is 2. The Kier molecular flexibility index (Phi) is 4.45. The molecule has 1 N–H and O–H groups in total. The van der Waals surface area contributed by atoms with Crippen LogP contribution in [0.25, 0.3) is 11.0 Å². The second-order valence-corrected chi connectivity index (χ2v) is 7.12. The lowest BCUT2D eigenvalue weighted by atomic mass is 9.98. The van der Waals surface area contributed by atoms with Gasteiger partial charge in [0.25, 0.3) is 0 Å². The van der Waals surface area contributed by atoms with Crippen LogP contribution < -0.4 is 0 Å². The molecule has 0 aliphatic rings. The summed E-state index contributed by atoms with van der Waals surface area (Å²) >= 11 is 6.94. The largest absolute Gasteiger partial charge is 0.458 e. The summed E-state index contributed by atoms with van der Waals surface area (Å²) in [6.07, 6.45) is -0.862. The van der Waals surface area contributed by atoms with Gasteiger partial charge in [0.15, 0.2) is 5.78 Å². The molecule has 0 amide bonds. The second kappa shape index (κ2) is 6.23. The number of fused-ring (bicyclic) bond motifs is 1. The van der Waals surface area contributed by atoms with Crippen molar-refractivity contribution in [2.75, 3.05) is 0 Å². The normalized spacial score (nSPS) is 12.6. The standard InChI is InChI=1S/C18H14Br2O3/c1-9-13(19)7-11(8-14(9)20)17(22)16-12-5-3-4-6-15(12)23-18(16)10(2)21/h3-8,10,21H,1-2H3. The summed E-state index contributed by atoms with van der Waals surface area (Å²) in [4.78, 5) is 13.0. The van der Waals surface area contributed by atoms with Crippen LogP contribution in [-0.2, 0) is 0 Å². The molecule has 1 aromatic heterocycles. The maximum absolute atomic E-state index is 13.0. The molecule has 1 heterocycles. The van der Waals surface area contributed by atoms with Gasteiger partial charge in [-0.3, -0.25) is 4.79 Å². The molecule has 0 spiro atoms. The minimum absolute atomic E-state index is 0.174. The Morgan fingerprint density at radius 2 is 1.78 bits per heavy atom. The number of rotatable bonds is 3. The van der Waals surface area contributed by atoms with Crippen LogP contribution in [0, 0.1) is 6.92 Å². The highest BCUT2D eigenvalue weighted by atomic mass is 79.9. The van der Waals surface area contributed by atoms with Gasteiger partial charge >= 0.3 is 0 Å². The molecule has 3 aromatic rings. The Bertz CT molecular complexity index is 887. The maximum atomic E-state index is 13.0. The molecule has 2 aromatic carbocycles. The van der Waals surface area contributed by atoms with Gasteiger partial charge in [-0.2, -0.15) is 0 Å². The molecule has 0 radical (unpaired) electrons. The highest BCUT2D eigenvalue weighted by molar-refractivity contribution is 9.11. The molecule has 0 aliphatic heterocycles. The summed E-state index contributed by atoms with van der Waals surface area (Å²) in [5.41, 5.74) is 2.56. The molecule has 0 bridgehead atoms. The molecule has 1 unspecified atom stereocenters. The van der Waals surface area contributed by atoms with Crippen molar-refractivity contribution < 1.29 is 14.3 Å². The van der Waals surface area contributed by atoms with Crippen molar-refractivity contribution in [1.29, 1.82) is 0 Å². The predicted molar refractivity (Wildman–Crippen MR) is 96.9 cm³/mol. The molecule has 0 fully saturated rings. The topological polar surface area (TPSA) is 50.4 Å². The average Bonchev–Trinajstić information content (AvgIpc) is 2.91. The van der Waals surface area contributed by atoms with E-state index >= 15 is 0 Å². The van der Waals surface area contributed by atoms with Crippen LogP contribution >= 0.6 is 31.9 Å². The van der Waals surface area contributed by atoms with Crippen LogP contribution in [0.1, 0.15) is 40.3 Å². The number of aliphatic hydroxyl groups excluding tert-OH is 1. The number of ketones is 1. The molecule has 3 rings (SSSR count). The number of carbonyl (C=O) groups excluding carboxylic acids is 1. The Morgan fingerprint density at radius 1 is 1.17 bits per heavy atom. The smallest absolute Gasteiger partial charge is 0.197 e. The van der Waals surface area contributed by atoms with E-state index in [4.69, 9.17) is 4.42 Å². The summed E-state index contributed by atoms with van der Waals surface area (Å²) in [5.74, 6) is 0.122. The van der Waals surface area contributed by atoms with Crippen LogP contribution in [0.15, 0.2) is 49.8 Å². The van der Waals surface area contributed by atoms with Crippen molar-refractivity contribution in [3.8, 4) is 0 Å². The fourth-order valence-electron chi connectivity index (χ4n) is 2.51. The van der Waals surface area contributed by atoms with Crippen molar-refractivity contribution >= 4 is 48.6 Å². The minimum Gasteiger partial charge on any atom is -0.458 e. The van der Waals surface area contributed by atoms with E-state index in [1.807, 2.05) is 25.1 Å². The highest BCUT2D eigenvalue weighted by Crippen LogP contribution is 2.34. The molecular formula is C18H14Br2O3. The first kappa shape index (κ1) is 16.4. The lowest BCUT2D eigenvalue weighted by Crippen LogP contribution is -2.06. The SMILES string of the molecule is Cc1c(Br)cc(C(=O)c2c(C(C)O)oc3ccccc23)cc1Br. The molecule has 1 atom stereocenters. The van der Waals surface area contributed by atoms with Crippen LogP contribution in [0.2, 0.25) is 0 Å². The first-order valence-electron chi connectivity index (χ1n) is 7.10. The number of carbonyl (C=O) groups is 1. The van der Waals surface area contributed by atoms with E-state index in [0.717, 1.165) is 14.5 Å². The number of hydrogen-bond acceptors (Lipinski definition) is 3. The molecule has 0 saturated heterocycles. The maximum Gasteiger partial charge on any atom is 0.197 e. The number of halogens is 2. The van der Waals surface area contributed by atoms with Crippen LogP contribution in [0.4, 0.5) is 0 Å². The van der Waals surface area contributed by atoms with Gasteiger partial charge in [0.1, 0.15) is 17.4 Å². The van der Waals surface area contributed by atoms with Crippen LogP contribution in [0.3, 0.4) is 0 Å². The molecule has 23 heavy (non-hydrogen) atoms. The van der Waals surface area contributed by atoms with E-state index in [0.29, 0.717) is 27.9 Å². The first-order chi connectivity index (χ1) is 10.9. The molecule has 118 valence electrons. The summed E-state index contributed by atoms with van der Waals surface area (Å²) in [7, 11) is 0. The summed E-state index contributed by atoms with van der Waals surface area (Å²) < 4.78 is 7.39. The molecule has 3 nitrogen and oxygen atoms in total. The van der Waals surface area contributed by atoms with E-state index < -0.39 is 6.10 Å². The zero-order chi connectivity index (χ0) is 16.7. The van der Waals surface area contributed by atoms with E-state index in [2.05, 4.69) is 31.9 Å². The van der Waals surface area contributed by atoms with Gasteiger partial charge in [-0.25, -0.2) is 0 Å². The zero-order valence-corrected chi connectivity index (χ0v) is 15.7. The summed E-state index contributed by atoms with van der Waals surface area (Å²) in [6.45, 7) is 3.55. The van der Waals surface area contributed by atoms with Gasteiger partial charge < -0.3 is 9.52 Å². The lowest BCUT2D eigenvalue weighted by Gasteiger charge is -2.08. The Morgan fingerprint density at radius 3 is 2.39 bits per heavy atom. The van der Waals surface area contributed by atoms with Gasteiger partial charge in [-0.05, 0) is 37.6 Å². The quantitative estimate of drug-likeness (QED) is 0.546. The van der Waals surface area contributed by atoms with Crippen LogP contribution in [0.5, 0.6) is 0 Å². The number of hydrogen-bond donors (Lipinski definition) is 1. The summed E-state index contributed by atoms with van der Waals surface area (Å²) in [5, 5.41) is 10.7. The molecular weight excluding hydrogens is 424 g/mol. The lowest BCUT2D eigenvalue weighted by molar-refractivity contribution is 0.102. The molecule has 5 heteroatoms. The fourth-order valence-corrected chi connectivity index (χ4v) is 3.70. The van der Waals surface area contributed by atoms with Gasteiger partial charge in [0.05, 0.1) is 5.56 Å². The van der Waals surface area contributed by atoms with E-state index in [9.17, 15) is 9.90 Å². The molecule has 0 saturated carbocycles. The van der Waals surface area contributed by atoms with E-state index in [-0.39, 0.29) is 5.78 Å². The number of para-hydroxylation sites is 1. The Balaban J connectivity index is 2.23. The third-order valence-corrected chi connectivity index (χ3v) is 5.42. The van der Waals surface area contributed by atoms with E-state index in [1.54, 1.807) is 25.1 Å². The average molecular weight is 438 g/mol. The van der Waals surface area contributed by atoms with Crippen LogP contribution in [-0.4, -0.2) is 10.9 Å². The number of aliphatic hydroxyl groups is 1. The summed E-state index contributed by atoms with van der Waals surface area (Å²) in [6, 6.07) is 10.9. The van der Waals surface area contributed by atoms with Crippen molar-refractivity contribution in [2.24, 2.45) is 0 Å². The Labute approximate surface area is 150 Å². The van der Waals surface area contributed by atoms with Gasteiger partial charge in [-0.15, -0.1) is 0 Å².